The summed E-state index contributed by atoms with van der Waals surface area (Å²) in [5, 5.41) is 2.10. The number of thiophene rings is 1. The lowest BCUT2D eigenvalue weighted by atomic mass is 10.1. The van der Waals surface area contributed by atoms with E-state index in [0.717, 1.165) is 29.5 Å². The third-order valence-electron chi connectivity index (χ3n) is 3.19. The lowest BCUT2D eigenvalue weighted by molar-refractivity contribution is 0.0969. The molecule has 0 amide bonds. The van der Waals surface area contributed by atoms with E-state index in [2.05, 4.69) is 45.4 Å². The van der Waals surface area contributed by atoms with Crippen LogP contribution in [0.15, 0.2) is 46.3 Å². The van der Waals surface area contributed by atoms with Crippen molar-refractivity contribution < 1.29 is 4.79 Å². The van der Waals surface area contributed by atoms with Crippen molar-refractivity contribution in [3.63, 3.8) is 0 Å². The molecule has 2 nitrogen and oxygen atoms in total. The van der Waals surface area contributed by atoms with Crippen LogP contribution in [-0.4, -0.2) is 30.8 Å². The van der Waals surface area contributed by atoms with E-state index >= 15 is 0 Å². The Morgan fingerprint density at radius 2 is 2.10 bits per heavy atom. The van der Waals surface area contributed by atoms with Crippen LogP contribution in [0.2, 0.25) is 0 Å². The maximum Gasteiger partial charge on any atom is 0.164 e. The molecule has 0 aliphatic heterocycles. The van der Waals surface area contributed by atoms with Crippen LogP contribution >= 0.6 is 27.3 Å². The summed E-state index contributed by atoms with van der Waals surface area (Å²) >= 11 is 5.18. The van der Waals surface area contributed by atoms with Crippen molar-refractivity contribution >= 4 is 33.0 Å². The minimum absolute atomic E-state index is 0.203. The van der Waals surface area contributed by atoms with Gasteiger partial charge in [0.25, 0.3) is 0 Å². The molecule has 2 rings (SSSR count). The predicted octanol–water partition coefficient (Wildman–Crippen LogP) is 4.26. The van der Waals surface area contributed by atoms with E-state index in [9.17, 15) is 4.79 Å². The van der Waals surface area contributed by atoms with Gasteiger partial charge in [-0.15, -0.1) is 11.3 Å². The van der Waals surface area contributed by atoms with Crippen LogP contribution in [0.25, 0.3) is 0 Å². The molecule has 0 unspecified atom stereocenters. The van der Waals surface area contributed by atoms with E-state index in [4.69, 9.17) is 0 Å². The Morgan fingerprint density at radius 1 is 1.25 bits per heavy atom. The van der Waals surface area contributed by atoms with Crippen LogP contribution in [0.1, 0.15) is 21.7 Å². The lowest BCUT2D eigenvalue weighted by Crippen LogP contribution is -2.24. The number of likely N-dealkylation sites (N-methyl/N-ethyl adjacent to an activating group) is 1. The molecule has 0 spiro atoms. The van der Waals surface area contributed by atoms with Gasteiger partial charge in [0.15, 0.2) is 5.78 Å². The normalized spacial score (nSPS) is 10.9. The zero-order chi connectivity index (χ0) is 14.4. The number of rotatable bonds is 7. The molecule has 0 saturated heterocycles. The number of hydrogen-bond acceptors (Lipinski definition) is 3. The summed E-state index contributed by atoms with van der Waals surface area (Å²) in [5.41, 5.74) is 0.783. The number of nitrogens with zero attached hydrogens (tertiary/aromatic N) is 1. The van der Waals surface area contributed by atoms with Gasteiger partial charge in [-0.2, -0.15) is 0 Å². The third kappa shape index (κ3) is 4.85. The maximum absolute atomic E-state index is 12.1. The van der Waals surface area contributed by atoms with E-state index in [1.54, 1.807) is 11.3 Å². The Bertz CT molecular complexity index is 553. The molecule has 2 aromatic rings. The molecule has 4 heteroatoms. The molecule has 0 radical (unpaired) electrons. The molecular weight excluding hydrogens is 334 g/mol. The predicted molar refractivity (Wildman–Crippen MR) is 88.6 cm³/mol. The van der Waals surface area contributed by atoms with Crippen LogP contribution < -0.4 is 0 Å². The summed E-state index contributed by atoms with van der Waals surface area (Å²) in [6, 6.07) is 11.8. The quantitative estimate of drug-likeness (QED) is 0.694. The first-order valence-electron chi connectivity index (χ1n) is 6.65. The van der Waals surface area contributed by atoms with Gasteiger partial charge < -0.3 is 4.90 Å². The number of carbonyl (C=O) groups excluding carboxylic acids is 1. The minimum atomic E-state index is 0.203. The zero-order valence-electron chi connectivity index (χ0n) is 11.5. The number of halogens is 1. The molecule has 0 N–H and O–H groups in total. The topological polar surface area (TPSA) is 20.3 Å². The molecule has 0 fully saturated rings. The molecule has 0 saturated carbocycles. The fourth-order valence-electron chi connectivity index (χ4n) is 1.97. The Kier molecular flexibility index (Phi) is 5.95. The second-order valence-electron chi connectivity index (χ2n) is 4.82. The average molecular weight is 352 g/mol. The Labute approximate surface area is 132 Å². The minimum Gasteiger partial charge on any atom is -0.306 e. The fourth-order valence-corrected chi connectivity index (χ4v) is 3.06. The Morgan fingerprint density at radius 3 is 2.80 bits per heavy atom. The Hall–Kier alpha value is -0.970. The molecule has 0 atom stereocenters. The number of hydrogen-bond donors (Lipinski definition) is 0. The third-order valence-corrected chi connectivity index (χ3v) is 4.62. The molecule has 106 valence electrons. The molecular formula is C16H18BrNOS. The highest BCUT2D eigenvalue weighted by Gasteiger charge is 2.08. The van der Waals surface area contributed by atoms with Gasteiger partial charge in [-0.1, -0.05) is 34.1 Å². The summed E-state index contributed by atoms with van der Waals surface area (Å²) in [4.78, 5) is 15.7. The van der Waals surface area contributed by atoms with Crippen LogP contribution in [0.3, 0.4) is 0 Å². The van der Waals surface area contributed by atoms with Gasteiger partial charge in [-0.3, -0.25) is 4.79 Å². The fraction of sp³-hybridized carbons (Fsp3) is 0.312. The largest absolute Gasteiger partial charge is 0.306 e. The van der Waals surface area contributed by atoms with Crippen molar-refractivity contribution in [1.82, 2.24) is 4.90 Å². The summed E-state index contributed by atoms with van der Waals surface area (Å²) in [6.07, 6.45) is 1.62. The molecule has 0 bridgehead atoms. The highest BCUT2D eigenvalue weighted by Crippen LogP contribution is 2.13. The number of benzene rings is 1. The van der Waals surface area contributed by atoms with E-state index in [0.29, 0.717) is 6.42 Å². The highest BCUT2D eigenvalue weighted by molar-refractivity contribution is 9.10. The van der Waals surface area contributed by atoms with Crippen LogP contribution in [0, 0.1) is 0 Å². The van der Waals surface area contributed by atoms with Gasteiger partial charge in [0.05, 0.1) is 0 Å². The standard InChI is InChI=1S/C16H18BrNOS/c1-18(9-7-15-6-3-11-20-15)10-8-16(19)13-4-2-5-14(17)12-13/h2-6,11-12H,7-10H2,1H3. The van der Waals surface area contributed by atoms with E-state index in [-0.39, 0.29) is 5.78 Å². The van der Waals surface area contributed by atoms with E-state index in [1.165, 1.54) is 4.88 Å². The smallest absolute Gasteiger partial charge is 0.164 e. The average Bonchev–Trinajstić information content (AvgIpc) is 2.95. The summed E-state index contributed by atoms with van der Waals surface area (Å²) in [7, 11) is 2.07. The SMILES string of the molecule is CN(CCC(=O)c1cccc(Br)c1)CCc1cccs1. The van der Waals surface area contributed by atoms with Gasteiger partial charge in [0, 0.05) is 34.4 Å². The van der Waals surface area contributed by atoms with Gasteiger partial charge in [0.1, 0.15) is 0 Å². The number of Topliss-reactive ketones (excluding diaryl/α,β-unsaturated/α-hetero) is 1. The Balaban J connectivity index is 1.75. The monoisotopic (exact) mass is 351 g/mol. The lowest BCUT2D eigenvalue weighted by Gasteiger charge is -2.15. The highest BCUT2D eigenvalue weighted by atomic mass is 79.9. The zero-order valence-corrected chi connectivity index (χ0v) is 13.9. The number of carbonyl (C=O) groups is 1. The second kappa shape index (κ2) is 7.72. The summed E-state index contributed by atoms with van der Waals surface area (Å²) in [6.45, 7) is 1.79. The summed E-state index contributed by atoms with van der Waals surface area (Å²) < 4.78 is 0.953. The summed E-state index contributed by atoms with van der Waals surface area (Å²) in [5.74, 6) is 0.203. The van der Waals surface area contributed by atoms with Crippen molar-refractivity contribution in [2.45, 2.75) is 12.8 Å². The molecule has 1 aromatic carbocycles. The molecule has 1 aromatic heterocycles. The van der Waals surface area contributed by atoms with Crippen molar-refractivity contribution in [2.24, 2.45) is 0 Å². The molecule has 20 heavy (non-hydrogen) atoms. The van der Waals surface area contributed by atoms with E-state index < -0.39 is 0 Å². The second-order valence-corrected chi connectivity index (χ2v) is 6.76. The molecule has 0 aliphatic rings. The first-order valence-corrected chi connectivity index (χ1v) is 8.32. The van der Waals surface area contributed by atoms with Crippen molar-refractivity contribution in [2.75, 3.05) is 20.1 Å². The molecule has 1 heterocycles. The number of ketones is 1. The van der Waals surface area contributed by atoms with Gasteiger partial charge >= 0.3 is 0 Å². The van der Waals surface area contributed by atoms with Crippen LogP contribution in [0.5, 0.6) is 0 Å². The van der Waals surface area contributed by atoms with Crippen molar-refractivity contribution in [1.29, 1.82) is 0 Å². The van der Waals surface area contributed by atoms with Crippen LogP contribution in [0.4, 0.5) is 0 Å². The van der Waals surface area contributed by atoms with Gasteiger partial charge in [0.2, 0.25) is 0 Å². The molecule has 0 aliphatic carbocycles. The van der Waals surface area contributed by atoms with E-state index in [1.807, 2.05) is 24.3 Å². The van der Waals surface area contributed by atoms with Crippen molar-refractivity contribution in [3.8, 4) is 0 Å². The van der Waals surface area contributed by atoms with Gasteiger partial charge in [-0.25, -0.2) is 0 Å². The first-order chi connectivity index (χ1) is 9.65. The first kappa shape index (κ1) is 15.4. The van der Waals surface area contributed by atoms with Gasteiger partial charge in [-0.05, 0) is 37.0 Å². The van der Waals surface area contributed by atoms with Crippen LogP contribution in [-0.2, 0) is 6.42 Å². The maximum atomic E-state index is 12.1. The van der Waals surface area contributed by atoms with Crippen molar-refractivity contribution in [3.05, 3.63) is 56.7 Å².